The minimum absolute atomic E-state index is 0.111. The Morgan fingerprint density at radius 3 is 2.45 bits per heavy atom. The highest BCUT2D eigenvalue weighted by Crippen LogP contribution is 2.30. The summed E-state index contributed by atoms with van der Waals surface area (Å²) >= 11 is 7.97. The molecule has 2 nitrogen and oxygen atoms in total. The highest BCUT2D eigenvalue weighted by Gasteiger charge is 2.13. The molecule has 104 valence electrons. The molecule has 0 amide bonds. The molecule has 6 heteroatoms. The molecular formula is C14H11BrF2N2S. The zero-order valence-corrected chi connectivity index (χ0v) is 12.9. The molecule has 0 aliphatic rings. The Kier molecular flexibility index (Phi) is 4.35. The van der Waals surface area contributed by atoms with Crippen LogP contribution >= 0.6 is 28.1 Å². The Labute approximate surface area is 129 Å². The molecule has 0 atom stereocenters. The lowest BCUT2D eigenvalue weighted by Gasteiger charge is -2.13. The van der Waals surface area contributed by atoms with Crippen molar-refractivity contribution < 1.29 is 8.78 Å². The summed E-state index contributed by atoms with van der Waals surface area (Å²) in [7, 11) is 0. The molecule has 0 aromatic heterocycles. The average Bonchev–Trinajstić information content (AvgIpc) is 2.37. The molecule has 20 heavy (non-hydrogen) atoms. The van der Waals surface area contributed by atoms with Crippen molar-refractivity contribution in [2.24, 2.45) is 5.73 Å². The number of thiocarbonyl (C=S) groups is 1. The van der Waals surface area contributed by atoms with Gasteiger partial charge in [-0.3, -0.25) is 0 Å². The molecule has 0 bridgehead atoms. The van der Waals surface area contributed by atoms with E-state index in [0.29, 0.717) is 16.8 Å². The lowest BCUT2D eigenvalue weighted by atomic mass is 10.1. The molecule has 0 saturated heterocycles. The summed E-state index contributed by atoms with van der Waals surface area (Å²) in [6, 6.07) is 7.40. The number of hydrogen-bond donors (Lipinski definition) is 2. The van der Waals surface area contributed by atoms with Gasteiger partial charge in [0.15, 0.2) is 5.82 Å². The van der Waals surface area contributed by atoms with Gasteiger partial charge in [-0.05, 0) is 58.7 Å². The van der Waals surface area contributed by atoms with Crippen LogP contribution in [0.3, 0.4) is 0 Å². The third kappa shape index (κ3) is 2.96. The third-order valence-corrected chi connectivity index (χ3v) is 3.80. The van der Waals surface area contributed by atoms with Crippen molar-refractivity contribution in [3.05, 3.63) is 57.6 Å². The fourth-order valence-electron chi connectivity index (χ4n) is 1.75. The minimum Gasteiger partial charge on any atom is -0.389 e. The van der Waals surface area contributed by atoms with Gasteiger partial charge in [-0.25, -0.2) is 8.78 Å². The van der Waals surface area contributed by atoms with Crippen molar-refractivity contribution in [3.8, 4) is 0 Å². The predicted molar refractivity (Wildman–Crippen MR) is 84.4 cm³/mol. The molecular weight excluding hydrogens is 346 g/mol. The van der Waals surface area contributed by atoms with Gasteiger partial charge in [0, 0.05) is 11.3 Å². The topological polar surface area (TPSA) is 38.0 Å². The van der Waals surface area contributed by atoms with E-state index in [9.17, 15) is 8.78 Å². The number of nitrogens with two attached hydrogens (primary N) is 1. The van der Waals surface area contributed by atoms with Crippen LogP contribution in [0.1, 0.15) is 11.1 Å². The summed E-state index contributed by atoms with van der Waals surface area (Å²) in [5.74, 6) is -0.836. The van der Waals surface area contributed by atoms with Crippen molar-refractivity contribution >= 4 is 44.5 Å². The average molecular weight is 357 g/mol. The van der Waals surface area contributed by atoms with E-state index in [0.717, 1.165) is 0 Å². The van der Waals surface area contributed by atoms with E-state index in [1.165, 1.54) is 18.2 Å². The first kappa shape index (κ1) is 14.9. The maximum absolute atomic E-state index is 14.2. The van der Waals surface area contributed by atoms with Crippen molar-refractivity contribution in [2.75, 3.05) is 5.32 Å². The SMILES string of the molecule is Cc1cc(F)ccc1Nc1ccc(C(N)=S)c(Br)c1F. The van der Waals surface area contributed by atoms with Crippen LogP contribution in [-0.2, 0) is 0 Å². The van der Waals surface area contributed by atoms with Crippen LogP contribution in [0.4, 0.5) is 20.2 Å². The van der Waals surface area contributed by atoms with E-state index >= 15 is 0 Å². The number of benzene rings is 2. The first-order valence-electron chi connectivity index (χ1n) is 5.71. The second-order valence-electron chi connectivity index (χ2n) is 4.24. The molecule has 0 aliphatic carbocycles. The summed E-state index contributed by atoms with van der Waals surface area (Å²) < 4.78 is 27.5. The fraction of sp³-hybridized carbons (Fsp3) is 0.0714. The van der Waals surface area contributed by atoms with E-state index in [1.54, 1.807) is 19.1 Å². The van der Waals surface area contributed by atoms with Crippen molar-refractivity contribution in [1.82, 2.24) is 0 Å². The summed E-state index contributed by atoms with van der Waals surface area (Å²) in [6.45, 7) is 1.74. The van der Waals surface area contributed by atoms with Crippen LogP contribution in [-0.4, -0.2) is 4.99 Å². The Balaban J connectivity index is 2.39. The van der Waals surface area contributed by atoms with Crippen LogP contribution in [0.2, 0.25) is 0 Å². The van der Waals surface area contributed by atoms with Crippen LogP contribution in [0.25, 0.3) is 0 Å². The van der Waals surface area contributed by atoms with Gasteiger partial charge in [0.1, 0.15) is 10.8 Å². The number of aryl methyl sites for hydroxylation is 1. The molecule has 2 aromatic carbocycles. The second kappa shape index (κ2) is 5.85. The lowest BCUT2D eigenvalue weighted by Crippen LogP contribution is -2.11. The van der Waals surface area contributed by atoms with Gasteiger partial charge in [-0.15, -0.1) is 0 Å². The minimum atomic E-state index is -0.501. The molecule has 0 fully saturated rings. The lowest BCUT2D eigenvalue weighted by molar-refractivity contribution is 0.624. The summed E-state index contributed by atoms with van der Waals surface area (Å²) in [5, 5.41) is 2.92. The molecule has 0 spiro atoms. The largest absolute Gasteiger partial charge is 0.389 e. The van der Waals surface area contributed by atoms with Crippen molar-refractivity contribution in [2.45, 2.75) is 6.92 Å². The Hall–Kier alpha value is -1.53. The van der Waals surface area contributed by atoms with Gasteiger partial charge in [-0.2, -0.15) is 0 Å². The molecule has 0 radical (unpaired) electrons. The number of hydrogen-bond acceptors (Lipinski definition) is 2. The predicted octanol–water partition coefficient (Wildman–Crippen LogP) is 4.41. The van der Waals surface area contributed by atoms with Gasteiger partial charge in [0.25, 0.3) is 0 Å². The van der Waals surface area contributed by atoms with Crippen LogP contribution < -0.4 is 11.1 Å². The van der Waals surface area contributed by atoms with Gasteiger partial charge >= 0.3 is 0 Å². The highest BCUT2D eigenvalue weighted by molar-refractivity contribution is 9.10. The Bertz CT molecular complexity index is 689. The van der Waals surface area contributed by atoms with E-state index in [4.69, 9.17) is 18.0 Å². The number of halogens is 3. The molecule has 2 rings (SSSR count). The van der Waals surface area contributed by atoms with E-state index in [1.807, 2.05) is 0 Å². The highest BCUT2D eigenvalue weighted by atomic mass is 79.9. The quantitative estimate of drug-likeness (QED) is 0.799. The maximum atomic E-state index is 14.2. The second-order valence-corrected chi connectivity index (χ2v) is 5.47. The molecule has 2 aromatic rings. The first-order valence-corrected chi connectivity index (χ1v) is 6.91. The molecule has 0 aliphatic heterocycles. The third-order valence-electron chi connectivity index (χ3n) is 2.81. The summed E-state index contributed by atoms with van der Waals surface area (Å²) in [4.78, 5) is 0.111. The van der Waals surface area contributed by atoms with Gasteiger partial charge < -0.3 is 11.1 Å². The van der Waals surface area contributed by atoms with Crippen molar-refractivity contribution in [1.29, 1.82) is 0 Å². The number of rotatable bonds is 3. The Morgan fingerprint density at radius 2 is 1.85 bits per heavy atom. The maximum Gasteiger partial charge on any atom is 0.161 e. The normalized spacial score (nSPS) is 10.4. The zero-order valence-electron chi connectivity index (χ0n) is 10.5. The van der Waals surface area contributed by atoms with Gasteiger partial charge in [-0.1, -0.05) is 12.2 Å². The summed E-state index contributed by atoms with van der Waals surface area (Å²) in [6.07, 6.45) is 0. The zero-order chi connectivity index (χ0) is 14.9. The smallest absolute Gasteiger partial charge is 0.161 e. The van der Waals surface area contributed by atoms with Crippen LogP contribution in [0.5, 0.6) is 0 Å². The molecule has 0 unspecified atom stereocenters. The van der Waals surface area contributed by atoms with Gasteiger partial charge in [0.2, 0.25) is 0 Å². The van der Waals surface area contributed by atoms with E-state index in [-0.39, 0.29) is 21.0 Å². The van der Waals surface area contributed by atoms with Gasteiger partial charge in [0.05, 0.1) is 10.2 Å². The number of anilines is 2. The molecule has 0 heterocycles. The van der Waals surface area contributed by atoms with E-state index < -0.39 is 5.82 Å². The fourth-order valence-corrected chi connectivity index (χ4v) is 2.61. The first-order chi connectivity index (χ1) is 9.40. The molecule has 0 saturated carbocycles. The Morgan fingerprint density at radius 1 is 1.20 bits per heavy atom. The summed E-state index contributed by atoms with van der Waals surface area (Å²) in [5.41, 5.74) is 7.49. The van der Waals surface area contributed by atoms with Crippen LogP contribution in [0.15, 0.2) is 34.8 Å². The van der Waals surface area contributed by atoms with E-state index in [2.05, 4.69) is 21.2 Å². The molecule has 3 N–H and O–H groups in total. The monoisotopic (exact) mass is 356 g/mol. The van der Waals surface area contributed by atoms with Crippen molar-refractivity contribution in [3.63, 3.8) is 0 Å². The number of nitrogens with one attached hydrogen (secondary N) is 1. The standard InChI is InChI=1S/C14H11BrF2N2S/c1-7-6-8(16)2-4-10(7)19-11-5-3-9(14(18)20)12(15)13(11)17/h2-6,19H,1H3,(H2,18,20). The van der Waals surface area contributed by atoms with Crippen LogP contribution in [0, 0.1) is 18.6 Å².